The molecule has 1 fully saturated rings. The van der Waals surface area contributed by atoms with Gasteiger partial charge in [-0.3, -0.25) is 9.59 Å². The number of esters is 1. The smallest absolute Gasteiger partial charge is 0.309 e. The van der Waals surface area contributed by atoms with E-state index in [0.717, 1.165) is 10.4 Å². The number of hydrogen-bond acceptors (Lipinski definition) is 6. The predicted molar refractivity (Wildman–Crippen MR) is 111 cm³/mol. The van der Waals surface area contributed by atoms with E-state index in [-0.39, 0.29) is 41.4 Å². The first-order valence-corrected chi connectivity index (χ1v) is 11.3. The molecular weight excluding hydrogens is 449 g/mol. The highest BCUT2D eigenvalue weighted by atomic mass is 35.5. The number of hydrogen-bond donors (Lipinski definition) is 0. The molecule has 2 aromatic carbocycles. The summed E-state index contributed by atoms with van der Waals surface area (Å²) in [5.41, 5.74) is 0.282. The molecule has 0 N–H and O–H groups in total. The summed E-state index contributed by atoms with van der Waals surface area (Å²) in [6.07, 6.45) is 0.435. The number of piperidine rings is 1. The van der Waals surface area contributed by atoms with Crippen molar-refractivity contribution in [3.05, 3.63) is 58.9 Å². The molecule has 7 nitrogen and oxygen atoms in total. The van der Waals surface area contributed by atoms with E-state index in [9.17, 15) is 22.4 Å². The highest BCUT2D eigenvalue weighted by molar-refractivity contribution is 7.89. The topological polar surface area (TPSA) is 90.0 Å². The van der Waals surface area contributed by atoms with E-state index in [4.69, 9.17) is 21.1 Å². The third kappa shape index (κ3) is 5.23. The van der Waals surface area contributed by atoms with E-state index in [1.54, 1.807) is 6.07 Å². The molecule has 0 aromatic heterocycles. The summed E-state index contributed by atoms with van der Waals surface area (Å²) < 4.78 is 50.5. The monoisotopic (exact) mass is 469 g/mol. The van der Waals surface area contributed by atoms with Crippen LogP contribution in [0.4, 0.5) is 4.39 Å². The normalized spacial score (nSPS) is 15.5. The van der Waals surface area contributed by atoms with Crippen LogP contribution in [-0.4, -0.2) is 51.3 Å². The van der Waals surface area contributed by atoms with Gasteiger partial charge >= 0.3 is 5.97 Å². The van der Waals surface area contributed by atoms with Crippen LogP contribution in [0, 0.1) is 11.7 Å². The third-order valence-electron chi connectivity index (χ3n) is 5.06. The Balaban J connectivity index is 1.54. The average molecular weight is 470 g/mol. The maximum atomic E-state index is 13.9. The average Bonchev–Trinajstić information content (AvgIpc) is 2.77. The van der Waals surface area contributed by atoms with E-state index < -0.39 is 40.1 Å². The Morgan fingerprint density at radius 3 is 2.45 bits per heavy atom. The number of Topliss-reactive ketones (excluding diaryl/α,β-unsaturated/α-hetero) is 1. The van der Waals surface area contributed by atoms with Gasteiger partial charge in [-0.15, -0.1) is 0 Å². The quantitative estimate of drug-likeness (QED) is 0.456. The van der Waals surface area contributed by atoms with Crippen LogP contribution >= 0.6 is 11.6 Å². The molecule has 0 amide bonds. The molecule has 31 heavy (non-hydrogen) atoms. The molecule has 2 aromatic rings. The standard InChI is InChI=1S/C21H21ClFNO6S/c1-29-19-7-6-15(12-16(19)22)18(25)13-30-21(26)14-8-10-24(11-9-14)31(27,28)20-5-3-2-4-17(20)23/h2-7,12,14H,8-11,13H2,1H3. The molecule has 166 valence electrons. The fourth-order valence-corrected chi connectivity index (χ4v) is 5.09. The Morgan fingerprint density at radius 2 is 1.84 bits per heavy atom. The zero-order chi connectivity index (χ0) is 22.6. The first-order valence-electron chi connectivity index (χ1n) is 9.52. The van der Waals surface area contributed by atoms with Crippen molar-refractivity contribution in [2.24, 2.45) is 5.92 Å². The van der Waals surface area contributed by atoms with Gasteiger partial charge in [0.1, 0.15) is 16.5 Å². The zero-order valence-corrected chi connectivity index (χ0v) is 18.3. The van der Waals surface area contributed by atoms with Crippen LogP contribution in [0.1, 0.15) is 23.2 Å². The molecule has 0 spiro atoms. The van der Waals surface area contributed by atoms with Crippen molar-refractivity contribution in [3.63, 3.8) is 0 Å². The Morgan fingerprint density at radius 1 is 1.16 bits per heavy atom. The number of methoxy groups -OCH3 is 1. The van der Waals surface area contributed by atoms with Crippen molar-refractivity contribution in [1.82, 2.24) is 4.31 Å². The van der Waals surface area contributed by atoms with Crippen LogP contribution in [0.15, 0.2) is 47.4 Å². The zero-order valence-electron chi connectivity index (χ0n) is 16.7. The summed E-state index contributed by atoms with van der Waals surface area (Å²) in [5, 5.41) is 0.267. The van der Waals surface area contributed by atoms with Gasteiger partial charge in [-0.1, -0.05) is 23.7 Å². The molecule has 1 aliphatic rings. The maximum absolute atomic E-state index is 13.9. The lowest BCUT2D eigenvalue weighted by Gasteiger charge is -2.30. The molecule has 1 aliphatic heterocycles. The molecule has 0 aliphatic carbocycles. The van der Waals surface area contributed by atoms with Gasteiger partial charge in [-0.05, 0) is 43.2 Å². The number of ether oxygens (including phenoxy) is 2. The van der Waals surface area contributed by atoms with Gasteiger partial charge in [0, 0.05) is 18.7 Å². The van der Waals surface area contributed by atoms with Crippen molar-refractivity contribution in [2.45, 2.75) is 17.7 Å². The summed E-state index contributed by atoms with van der Waals surface area (Å²) in [7, 11) is -2.53. The number of sulfonamides is 1. The largest absolute Gasteiger partial charge is 0.495 e. The van der Waals surface area contributed by atoms with E-state index >= 15 is 0 Å². The van der Waals surface area contributed by atoms with E-state index in [0.29, 0.717) is 5.75 Å². The molecule has 1 heterocycles. The summed E-state index contributed by atoms with van der Waals surface area (Å²) >= 11 is 6.00. The van der Waals surface area contributed by atoms with Crippen LogP contribution < -0.4 is 4.74 Å². The molecular formula is C21H21ClFNO6S. The second-order valence-electron chi connectivity index (χ2n) is 6.99. The number of halogens is 2. The highest BCUT2D eigenvalue weighted by Gasteiger charge is 2.34. The molecule has 10 heteroatoms. The van der Waals surface area contributed by atoms with Crippen LogP contribution in [0.25, 0.3) is 0 Å². The van der Waals surface area contributed by atoms with Crippen molar-refractivity contribution in [2.75, 3.05) is 26.8 Å². The number of carbonyl (C=O) groups is 2. The summed E-state index contributed by atoms with van der Waals surface area (Å²) in [6.45, 7) is -0.341. The summed E-state index contributed by atoms with van der Waals surface area (Å²) in [6, 6.07) is 9.66. The third-order valence-corrected chi connectivity index (χ3v) is 7.29. The van der Waals surface area contributed by atoms with Crippen LogP contribution in [0.5, 0.6) is 5.75 Å². The number of rotatable bonds is 7. The molecule has 0 saturated carbocycles. The Labute approximate surface area is 184 Å². The van der Waals surface area contributed by atoms with Gasteiger partial charge in [0.2, 0.25) is 10.0 Å². The summed E-state index contributed by atoms with van der Waals surface area (Å²) in [5.74, 6) is -1.93. The maximum Gasteiger partial charge on any atom is 0.309 e. The van der Waals surface area contributed by atoms with E-state index in [1.165, 1.54) is 37.4 Å². The van der Waals surface area contributed by atoms with Crippen molar-refractivity contribution >= 4 is 33.4 Å². The van der Waals surface area contributed by atoms with Crippen molar-refractivity contribution < 1.29 is 31.9 Å². The van der Waals surface area contributed by atoms with E-state index in [2.05, 4.69) is 0 Å². The van der Waals surface area contributed by atoms with Crippen molar-refractivity contribution in [1.29, 1.82) is 0 Å². The Bertz CT molecular complexity index is 1080. The summed E-state index contributed by atoms with van der Waals surface area (Å²) in [4.78, 5) is 24.2. The van der Waals surface area contributed by atoms with E-state index in [1.807, 2.05) is 0 Å². The number of ketones is 1. The lowest BCUT2D eigenvalue weighted by molar-refractivity contribution is -0.148. The first kappa shape index (κ1) is 23.2. The highest BCUT2D eigenvalue weighted by Crippen LogP contribution is 2.27. The minimum atomic E-state index is -3.98. The SMILES string of the molecule is COc1ccc(C(=O)COC(=O)C2CCN(S(=O)(=O)c3ccccc3F)CC2)cc1Cl. The van der Waals surface area contributed by atoms with Gasteiger partial charge in [-0.25, -0.2) is 12.8 Å². The van der Waals surface area contributed by atoms with Gasteiger partial charge in [0.05, 0.1) is 18.1 Å². The first-order chi connectivity index (χ1) is 14.7. The minimum Gasteiger partial charge on any atom is -0.495 e. The van der Waals surface area contributed by atoms with Crippen molar-refractivity contribution in [3.8, 4) is 5.75 Å². The van der Waals surface area contributed by atoms with Gasteiger partial charge in [0.25, 0.3) is 0 Å². The number of carbonyl (C=O) groups excluding carboxylic acids is 2. The second-order valence-corrected chi connectivity index (χ2v) is 9.30. The molecule has 0 radical (unpaired) electrons. The minimum absolute atomic E-state index is 0.0540. The Kier molecular flexibility index (Phi) is 7.30. The lowest BCUT2D eigenvalue weighted by atomic mass is 9.98. The molecule has 0 atom stereocenters. The van der Waals surface area contributed by atoms with Crippen LogP contribution in [0.3, 0.4) is 0 Å². The molecule has 0 unspecified atom stereocenters. The fraction of sp³-hybridized carbons (Fsp3) is 0.333. The lowest BCUT2D eigenvalue weighted by Crippen LogP contribution is -2.41. The fourth-order valence-electron chi connectivity index (χ4n) is 3.30. The molecule has 1 saturated heterocycles. The number of nitrogens with zero attached hydrogens (tertiary/aromatic N) is 1. The molecule has 0 bridgehead atoms. The van der Waals surface area contributed by atoms with Gasteiger partial charge < -0.3 is 9.47 Å². The number of benzene rings is 2. The van der Waals surface area contributed by atoms with Gasteiger partial charge in [-0.2, -0.15) is 4.31 Å². The second kappa shape index (κ2) is 9.76. The molecule has 3 rings (SSSR count). The van der Waals surface area contributed by atoms with Gasteiger partial charge in [0.15, 0.2) is 12.4 Å². The van der Waals surface area contributed by atoms with Crippen LogP contribution in [0.2, 0.25) is 5.02 Å². The predicted octanol–water partition coefficient (Wildman–Crippen LogP) is 3.31. The van der Waals surface area contributed by atoms with Crippen LogP contribution in [-0.2, 0) is 19.6 Å². The Hall–Kier alpha value is -2.49.